The van der Waals surface area contributed by atoms with Crippen LogP contribution in [0.1, 0.15) is 6.42 Å². The number of rotatable bonds is 5. The van der Waals surface area contributed by atoms with Crippen molar-refractivity contribution < 1.29 is 8.42 Å². The van der Waals surface area contributed by atoms with Gasteiger partial charge in [-0.25, -0.2) is 12.7 Å². The first kappa shape index (κ1) is 16.4. The molecule has 0 aliphatic rings. The van der Waals surface area contributed by atoms with Crippen LogP contribution >= 0.6 is 12.2 Å². The van der Waals surface area contributed by atoms with Crippen LogP contribution in [0.3, 0.4) is 0 Å². The minimum atomic E-state index is -3.47. The van der Waals surface area contributed by atoms with Crippen molar-refractivity contribution in [2.75, 3.05) is 26.0 Å². The average molecular weight is 312 g/mol. The molecule has 0 aliphatic heterocycles. The molecular formula is C12H16N4O2S2. The summed E-state index contributed by atoms with van der Waals surface area (Å²) in [5.41, 5.74) is 0.572. The van der Waals surface area contributed by atoms with Crippen LogP contribution in [0.2, 0.25) is 0 Å². The molecule has 0 atom stereocenters. The van der Waals surface area contributed by atoms with Gasteiger partial charge in [-0.15, -0.1) is 0 Å². The quantitative estimate of drug-likeness (QED) is 0.626. The standard InChI is InChI=1S/C12H16N4O2S2/c1-16(2)20(17,18)11-6-3-5-10(9-11)15-12(19)14-8-4-7-13/h3,5-6,9H,4,8H2,1-2H3,(H2,14,15,19). The van der Waals surface area contributed by atoms with Crippen LogP contribution in [-0.4, -0.2) is 38.5 Å². The van der Waals surface area contributed by atoms with Gasteiger partial charge >= 0.3 is 0 Å². The molecule has 1 aromatic carbocycles. The number of nitrogens with zero attached hydrogens (tertiary/aromatic N) is 2. The smallest absolute Gasteiger partial charge is 0.242 e. The number of hydrogen-bond donors (Lipinski definition) is 2. The van der Waals surface area contributed by atoms with Crippen molar-refractivity contribution in [2.45, 2.75) is 11.3 Å². The molecular weight excluding hydrogens is 296 g/mol. The maximum absolute atomic E-state index is 12.0. The fraction of sp³-hybridized carbons (Fsp3) is 0.333. The summed E-state index contributed by atoms with van der Waals surface area (Å²) in [6, 6.07) is 8.37. The van der Waals surface area contributed by atoms with Crippen LogP contribution in [0.5, 0.6) is 0 Å². The third-order valence-electron chi connectivity index (χ3n) is 2.39. The number of anilines is 1. The highest BCUT2D eigenvalue weighted by molar-refractivity contribution is 7.89. The van der Waals surface area contributed by atoms with Crippen molar-refractivity contribution in [3.8, 4) is 6.07 Å². The van der Waals surface area contributed by atoms with Crippen LogP contribution in [0.4, 0.5) is 5.69 Å². The van der Waals surface area contributed by atoms with Gasteiger partial charge in [0.2, 0.25) is 10.0 Å². The minimum absolute atomic E-state index is 0.187. The van der Waals surface area contributed by atoms with E-state index in [0.717, 1.165) is 4.31 Å². The molecule has 0 aromatic heterocycles. The Kier molecular flexibility index (Phi) is 5.88. The van der Waals surface area contributed by atoms with Gasteiger partial charge in [0.25, 0.3) is 0 Å². The van der Waals surface area contributed by atoms with E-state index in [1.807, 2.05) is 6.07 Å². The molecule has 0 radical (unpaired) electrons. The van der Waals surface area contributed by atoms with Gasteiger partial charge in [0, 0.05) is 26.3 Å². The van der Waals surface area contributed by atoms with Gasteiger partial charge < -0.3 is 10.6 Å². The average Bonchev–Trinajstić information content (AvgIpc) is 2.39. The second-order valence-electron chi connectivity index (χ2n) is 4.10. The van der Waals surface area contributed by atoms with E-state index in [9.17, 15) is 8.42 Å². The molecule has 0 aliphatic carbocycles. The summed E-state index contributed by atoms with van der Waals surface area (Å²) in [6.45, 7) is 0.442. The first-order valence-electron chi connectivity index (χ1n) is 5.82. The molecule has 0 saturated heterocycles. The zero-order valence-corrected chi connectivity index (χ0v) is 12.9. The predicted octanol–water partition coefficient (Wildman–Crippen LogP) is 1.14. The number of hydrogen-bond acceptors (Lipinski definition) is 4. The fourth-order valence-electron chi connectivity index (χ4n) is 1.35. The Morgan fingerprint density at radius 1 is 1.45 bits per heavy atom. The molecule has 20 heavy (non-hydrogen) atoms. The van der Waals surface area contributed by atoms with E-state index in [1.54, 1.807) is 12.1 Å². The molecule has 8 heteroatoms. The summed E-state index contributed by atoms with van der Waals surface area (Å²) in [7, 11) is -0.518. The Morgan fingerprint density at radius 3 is 2.75 bits per heavy atom. The Hall–Kier alpha value is -1.69. The van der Waals surface area contributed by atoms with Gasteiger partial charge in [-0.05, 0) is 30.4 Å². The number of nitriles is 1. The summed E-state index contributed by atoms with van der Waals surface area (Å²) in [5, 5.41) is 14.5. The third kappa shape index (κ3) is 4.45. The van der Waals surface area contributed by atoms with Crippen molar-refractivity contribution in [1.82, 2.24) is 9.62 Å². The second-order valence-corrected chi connectivity index (χ2v) is 6.66. The van der Waals surface area contributed by atoms with E-state index in [2.05, 4.69) is 10.6 Å². The Bertz CT molecular complexity index is 621. The van der Waals surface area contributed by atoms with Crippen molar-refractivity contribution >= 4 is 33.0 Å². The SMILES string of the molecule is CN(C)S(=O)(=O)c1cccc(NC(=S)NCCC#N)c1. The highest BCUT2D eigenvalue weighted by atomic mass is 32.2. The van der Waals surface area contributed by atoms with Gasteiger partial charge in [-0.1, -0.05) is 6.07 Å². The number of sulfonamides is 1. The molecule has 1 aromatic rings. The largest absolute Gasteiger partial charge is 0.361 e. The maximum Gasteiger partial charge on any atom is 0.242 e. The Labute approximate surface area is 124 Å². The lowest BCUT2D eigenvalue weighted by Crippen LogP contribution is -2.29. The molecule has 0 amide bonds. The molecule has 0 saturated carbocycles. The monoisotopic (exact) mass is 312 g/mol. The van der Waals surface area contributed by atoms with E-state index < -0.39 is 10.0 Å². The van der Waals surface area contributed by atoms with Crippen LogP contribution in [0.15, 0.2) is 29.2 Å². The van der Waals surface area contributed by atoms with Crippen LogP contribution in [0.25, 0.3) is 0 Å². The highest BCUT2D eigenvalue weighted by Crippen LogP contribution is 2.17. The van der Waals surface area contributed by atoms with Gasteiger partial charge in [0.15, 0.2) is 5.11 Å². The van der Waals surface area contributed by atoms with Gasteiger partial charge in [-0.2, -0.15) is 5.26 Å². The molecule has 108 valence electrons. The summed E-state index contributed by atoms with van der Waals surface area (Å²) in [4.78, 5) is 0.187. The number of thiocarbonyl (C=S) groups is 1. The normalized spacial score (nSPS) is 10.9. The summed E-state index contributed by atoms with van der Waals surface area (Å²) >= 11 is 5.05. The minimum Gasteiger partial charge on any atom is -0.361 e. The first-order chi connectivity index (χ1) is 9.37. The number of benzene rings is 1. The van der Waals surface area contributed by atoms with Crippen LogP contribution in [0, 0.1) is 11.3 Å². The van der Waals surface area contributed by atoms with Gasteiger partial charge in [-0.3, -0.25) is 0 Å². The Morgan fingerprint density at radius 2 is 2.15 bits per heavy atom. The molecule has 0 bridgehead atoms. The van der Waals surface area contributed by atoms with Crippen molar-refractivity contribution in [1.29, 1.82) is 5.26 Å². The summed E-state index contributed by atoms with van der Waals surface area (Å²) < 4.78 is 25.1. The van der Waals surface area contributed by atoms with Crippen LogP contribution < -0.4 is 10.6 Å². The molecule has 1 rings (SSSR count). The summed E-state index contributed by atoms with van der Waals surface area (Å²) in [5.74, 6) is 0. The van der Waals surface area contributed by atoms with Crippen LogP contribution in [-0.2, 0) is 10.0 Å². The first-order valence-corrected chi connectivity index (χ1v) is 7.67. The molecule has 0 unspecified atom stereocenters. The maximum atomic E-state index is 12.0. The van der Waals surface area contributed by atoms with E-state index >= 15 is 0 Å². The zero-order chi connectivity index (χ0) is 15.2. The molecule has 0 fully saturated rings. The topological polar surface area (TPSA) is 85.2 Å². The fourth-order valence-corrected chi connectivity index (χ4v) is 2.52. The lowest BCUT2D eigenvalue weighted by Gasteiger charge is -2.13. The van der Waals surface area contributed by atoms with Gasteiger partial charge in [0.1, 0.15) is 0 Å². The lowest BCUT2D eigenvalue weighted by atomic mass is 10.3. The number of nitrogens with one attached hydrogen (secondary N) is 2. The van der Waals surface area contributed by atoms with E-state index in [1.165, 1.54) is 26.2 Å². The Balaban J connectivity index is 2.80. The van der Waals surface area contributed by atoms with E-state index in [4.69, 9.17) is 17.5 Å². The highest BCUT2D eigenvalue weighted by Gasteiger charge is 2.17. The van der Waals surface area contributed by atoms with E-state index in [0.29, 0.717) is 23.8 Å². The van der Waals surface area contributed by atoms with Crippen molar-refractivity contribution in [2.24, 2.45) is 0 Å². The van der Waals surface area contributed by atoms with E-state index in [-0.39, 0.29) is 4.90 Å². The molecule has 0 heterocycles. The summed E-state index contributed by atoms with van der Waals surface area (Å²) in [6.07, 6.45) is 0.344. The zero-order valence-electron chi connectivity index (χ0n) is 11.3. The molecule has 0 spiro atoms. The van der Waals surface area contributed by atoms with Crippen molar-refractivity contribution in [3.05, 3.63) is 24.3 Å². The molecule has 2 N–H and O–H groups in total. The van der Waals surface area contributed by atoms with Crippen molar-refractivity contribution in [3.63, 3.8) is 0 Å². The molecule has 6 nitrogen and oxygen atoms in total. The second kappa shape index (κ2) is 7.19. The lowest BCUT2D eigenvalue weighted by molar-refractivity contribution is 0.521. The predicted molar refractivity (Wildman–Crippen MR) is 81.8 cm³/mol. The third-order valence-corrected chi connectivity index (χ3v) is 4.45. The van der Waals surface area contributed by atoms with Gasteiger partial charge in [0.05, 0.1) is 17.4 Å².